The zero-order chi connectivity index (χ0) is 14.8. The third-order valence-electron chi connectivity index (χ3n) is 3.34. The average molecular weight is 305 g/mol. The molecule has 0 spiro atoms. The molecule has 1 amide bonds. The van der Waals surface area contributed by atoms with Crippen LogP contribution >= 0.6 is 11.6 Å². The van der Waals surface area contributed by atoms with Crippen molar-refractivity contribution < 1.29 is 9.90 Å². The third-order valence-corrected chi connectivity index (χ3v) is 3.67. The molecule has 0 saturated heterocycles. The molecule has 0 unspecified atom stereocenters. The van der Waals surface area contributed by atoms with E-state index in [2.05, 4.69) is 15.3 Å². The van der Waals surface area contributed by atoms with Crippen LogP contribution < -0.4 is 5.32 Å². The SMILES string of the molecule is O=C(O)N1CCc2cnc(Nc3ccccc3Cl)nc2C1. The molecular formula is C14H13ClN4O2. The molecule has 1 aromatic heterocycles. The van der Waals surface area contributed by atoms with E-state index in [1.165, 1.54) is 4.90 Å². The van der Waals surface area contributed by atoms with Crippen LogP contribution in [0.5, 0.6) is 0 Å². The number of carbonyl (C=O) groups is 1. The van der Waals surface area contributed by atoms with Gasteiger partial charge in [0.05, 0.1) is 22.9 Å². The number of anilines is 2. The Balaban J connectivity index is 1.84. The van der Waals surface area contributed by atoms with Gasteiger partial charge in [-0.1, -0.05) is 23.7 Å². The molecule has 0 atom stereocenters. The van der Waals surface area contributed by atoms with E-state index in [4.69, 9.17) is 16.7 Å². The Hall–Kier alpha value is -2.34. The van der Waals surface area contributed by atoms with Gasteiger partial charge in [-0.25, -0.2) is 14.8 Å². The minimum absolute atomic E-state index is 0.282. The van der Waals surface area contributed by atoms with Crippen molar-refractivity contribution >= 4 is 29.3 Å². The van der Waals surface area contributed by atoms with Crippen LogP contribution in [0, 0.1) is 0 Å². The van der Waals surface area contributed by atoms with Gasteiger partial charge in [0.15, 0.2) is 0 Å². The summed E-state index contributed by atoms with van der Waals surface area (Å²) in [6, 6.07) is 7.30. The lowest BCUT2D eigenvalue weighted by Crippen LogP contribution is -2.35. The van der Waals surface area contributed by atoms with Gasteiger partial charge in [-0.3, -0.25) is 0 Å². The molecule has 1 aliphatic heterocycles. The lowest BCUT2D eigenvalue weighted by atomic mass is 10.1. The Morgan fingerprint density at radius 3 is 2.95 bits per heavy atom. The molecule has 2 heterocycles. The molecule has 21 heavy (non-hydrogen) atoms. The second-order valence-corrected chi connectivity index (χ2v) is 5.13. The summed E-state index contributed by atoms with van der Waals surface area (Å²) in [5, 5.41) is 12.7. The van der Waals surface area contributed by atoms with Gasteiger partial charge in [-0.15, -0.1) is 0 Å². The number of hydrogen-bond acceptors (Lipinski definition) is 4. The first kappa shape index (κ1) is 13.6. The van der Waals surface area contributed by atoms with E-state index in [9.17, 15) is 4.79 Å². The minimum atomic E-state index is -0.931. The largest absolute Gasteiger partial charge is 0.465 e. The topological polar surface area (TPSA) is 78.3 Å². The highest BCUT2D eigenvalue weighted by molar-refractivity contribution is 6.33. The molecular weight excluding hydrogens is 292 g/mol. The Bertz CT molecular complexity index is 692. The second-order valence-electron chi connectivity index (χ2n) is 4.72. The number of hydrogen-bond donors (Lipinski definition) is 2. The lowest BCUT2D eigenvalue weighted by Gasteiger charge is -2.25. The molecule has 1 aliphatic rings. The van der Waals surface area contributed by atoms with Crippen LogP contribution in [-0.4, -0.2) is 32.6 Å². The van der Waals surface area contributed by atoms with Gasteiger partial charge in [0.1, 0.15) is 0 Å². The van der Waals surface area contributed by atoms with Crippen LogP contribution in [0.4, 0.5) is 16.4 Å². The molecule has 7 heteroatoms. The van der Waals surface area contributed by atoms with E-state index in [0.29, 0.717) is 29.6 Å². The maximum absolute atomic E-state index is 11.0. The van der Waals surface area contributed by atoms with Crippen LogP contribution in [-0.2, 0) is 13.0 Å². The molecule has 0 fully saturated rings. The number of rotatable bonds is 2. The fourth-order valence-corrected chi connectivity index (χ4v) is 2.39. The van der Waals surface area contributed by atoms with Crippen molar-refractivity contribution in [1.29, 1.82) is 0 Å². The first-order valence-corrected chi connectivity index (χ1v) is 6.85. The van der Waals surface area contributed by atoms with Crippen LogP contribution in [0.3, 0.4) is 0 Å². The number of carboxylic acid groups (broad SMARTS) is 1. The number of benzene rings is 1. The summed E-state index contributed by atoms with van der Waals surface area (Å²) in [6.07, 6.45) is 1.44. The predicted octanol–water partition coefficient (Wildman–Crippen LogP) is 2.91. The Labute approximate surface area is 126 Å². The Morgan fingerprint density at radius 2 is 2.19 bits per heavy atom. The van der Waals surface area contributed by atoms with Crippen molar-refractivity contribution in [2.24, 2.45) is 0 Å². The number of fused-ring (bicyclic) bond motifs is 1. The van der Waals surface area contributed by atoms with E-state index in [-0.39, 0.29) is 6.54 Å². The lowest BCUT2D eigenvalue weighted by molar-refractivity contribution is 0.139. The van der Waals surface area contributed by atoms with E-state index < -0.39 is 6.09 Å². The molecule has 6 nitrogen and oxygen atoms in total. The normalized spacial score (nSPS) is 13.7. The molecule has 0 aliphatic carbocycles. The first-order valence-electron chi connectivity index (χ1n) is 6.47. The highest BCUT2D eigenvalue weighted by Gasteiger charge is 2.21. The van der Waals surface area contributed by atoms with Gasteiger partial charge in [-0.05, 0) is 24.1 Å². The number of para-hydroxylation sites is 1. The van der Waals surface area contributed by atoms with Crippen LogP contribution in [0.2, 0.25) is 5.02 Å². The van der Waals surface area contributed by atoms with Gasteiger partial charge < -0.3 is 15.3 Å². The van der Waals surface area contributed by atoms with E-state index in [0.717, 1.165) is 11.3 Å². The number of amides is 1. The quantitative estimate of drug-likeness (QED) is 0.892. The monoisotopic (exact) mass is 304 g/mol. The highest BCUT2D eigenvalue weighted by atomic mass is 35.5. The van der Waals surface area contributed by atoms with Gasteiger partial charge in [0, 0.05) is 12.7 Å². The van der Waals surface area contributed by atoms with Gasteiger partial charge >= 0.3 is 6.09 Å². The molecule has 2 N–H and O–H groups in total. The minimum Gasteiger partial charge on any atom is -0.465 e. The van der Waals surface area contributed by atoms with Crippen molar-refractivity contribution in [3.05, 3.63) is 46.7 Å². The smallest absolute Gasteiger partial charge is 0.407 e. The molecule has 3 rings (SSSR count). The zero-order valence-corrected chi connectivity index (χ0v) is 11.8. The molecule has 108 valence electrons. The first-order chi connectivity index (χ1) is 10.1. The summed E-state index contributed by atoms with van der Waals surface area (Å²) in [5.41, 5.74) is 2.43. The summed E-state index contributed by atoms with van der Waals surface area (Å²) in [5.74, 6) is 0.411. The Morgan fingerprint density at radius 1 is 1.38 bits per heavy atom. The van der Waals surface area contributed by atoms with Gasteiger partial charge in [0.2, 0.25) is 5.95 Å². The Kier molecular flexibility index (Phi) is 3.62. The van der Waals surface area contributed by atoms with E-state index in [1.807, 2.05) is 18.2 Å². The van der Waals surface area contributed by atoms with Crippen molar-refractivity contribution in [2.45, 2.75) is 13.0 Å². The van der Waals surface area contributed by atoms with Crippen molar-refractivity contribution in [2.75, 3.05) is 11.9 Å². The predicted molar refractivity (Wildman–Crippen MR) is 78.9 cm³/mol. The molecule has 0 bridgehead atoms. The van der Waals surface area contributed by atoms with Crippen molar-refractivity contribution in [3.63, 3.8) is 0 Å². The van der Waals surface area contributed by atoms with Crippen LogP contribution in [0.15, 0.2) is 30.5 Å². The number of nitrogens with one attached hydrogen (secondary N) is 1. The standard InChI is InChI=1S/C14H13ClN4O2/c15-10-3-1-2-4-11(10)17-13-16-7-9-5-6-19(14(20)21)8-12(9)18-13/h1-4,7H,5-6,8H2,(H,20,21)(H,16,17,18). The number of nitrogens with zero attached hydrogens (tertiary/aromatic N) is 3. The summed E-state index contributed by atoms with van der Waals surface area (Å²) in [4.78, 5) is 21.0. The van der Waals surface area contributed by atoms with Crippen molar-refractivity contribution in [1.82, 2.24) is 14.9 Å². The average Bonchev–Trinajstić information content (AvgIpc) is 2.49. The second kappa shape index (κ2) is 5.57. The number of halogens is 1. The van der Waals surface area contributed by atoms with Crippen LogP contribution in [0.25, 0.3) is 0 Å². The summed E-state index contributed by atoms with van der Waals surface area (Å²) in [7, 11) is 0. The maximum Gasteiger partial charge on any atom is 0.407 e. The fraction of sp³-hybridized carbons (Fsp3) is 0.214. The molecule has 1 aromatic carbocycles. The fourth-order valence-electron chi connectivity index (χ4n) is 2.21. The zero-order valence-electron chi connectivity index (χ0n) is 11.1. The van der Waals surface area contributed by atoms with Gasteiger partial charge in [-0.2, -0.15) is 0 Å². The molecule has 2 aromatic rings. The summed E-state index contributed by atoms with van der Waals surface area (Å²) >= 11 is 6.08. The van der Waals surface area contributed by atoms with E-state index >= 15 is 0 Å². The van der Waals surface area contributed by atoms with Crippen molar-refractivity contribution in [3.8, 4) is 0 Å². The summed E-state index contributed by atoms with van der Waals surface area (Å²) < 4.78 is 0. The third kappa shape index (κ3) is 2.90. The highest BCUT2D eigenvalue weighted by Crippen LogP contribution is 2.24. The van der Waals surface area contributed by atoms with E-state index in [1.54, 1.807) is 12.3 Å². The maximum atomic E-state index is 11.0. The number of aromatic nitrogens is 2. The summed E-state index contributed by atoms with van der Waals surface area (Å²) in [6.45, 7) is 0.757. The molecule has 0 saturated carbocycles. The molecule has 0 radical (unpaired) electrons. The van der Waals surface area contributed by atoms with Crippen LogP contribution in [0.1, 0.15) is 11.3 Å². The van der Waals surface area contributed by atoms with Gasteiger partial charge in [0.25, 0.3) is 0 Å².